The molecule has 0 radical (unpaired) electrons. The molecular weight excluding hydrogens is 426 g/mol. The number of carbonyl (C=O) groups excluding carboxylic acids is 2. The lowest BCUT2D eigenvalue weighted by Crippen LogP contribution is -2.47. The van der Waals surface area contributed by atoms with Crippen molar-refractivity contribution in [2.24, 2.45) is 4.99 Å². The van der Waals surface area contributed by atoms with Gasteiger partial charge in [0.25, 0.3) is 0 Å². The highest BCUT2D eigenvalue weighted by Crippen LogP contribution is 2.28. The van der Waals surface area contributed by atoms with Crippen LogP contribution in [0.4, 0.5) is 0 Å². The van der Waals surface area contributed by atoms with Gasteiger partial charge in [0.2, 0.25) is 17.8 Å². The molecule has 3 rings (SSSR count). The summed E-state index contributed by atoms with van der Waals surface area (Å²) in [7, 11) is 3.09. The summed E-state index contributed by atoms with van der Waals surface area (Å²) in [5.74, 6) is 0.820. The number of aliphatic imine (C=N–C) groups is 1. The van der Waals surface area contributed by atoms with E-state index in [9.17, 15) is 9.59 Å². The van der Waals surface area contributed by atoms with E-state index < -0.39 is 0 Å². The van der Waals surface area contributed by atoms with Crippen molar-refractivity contribution in [1.82, 2.24) is 10.6 Å². The van der Waals surface area contributed by atoms with E-state index in [1.807, 2.05) is 24.3 Å². The topological polar surface area (TPSA) is 89.0 Å². The minimum atomic E-state index is -0.335. The Kier molecular flexibility index (Phi) is 6.30. The number of nitrogens with one attached hydrogen (secondary N) is 2. The summed E-state index contributed by atoms with van der Waals surface area (Å²) in [5.41, 5.74) is 1.66. The highest BCUT2D eigenvalue weighted by Gasteiger charge is 2.23. The maximum absolute atomic E-state index is 12.4. The van der Waals surface area contributed by atoms with Gasteiger partial charge in [0, 0.05) is 4.47 Å². The average Bonchev–Trinajstić information content (AvgIpc) is 2.67. The third-order valence-electron chi connectivity index (χ3n) is 4.25. The second-order valence-electron chi connectivity index (χ2n) is 6.21. The van der Waals surface area contributed by atoms with Crippen LogP contribution in [0.5, 0.6) is 11.5 Å². The van der Waals surface area contributed by atoms with E-state index in [1.54, 1.807) is 25.3 Å². The van der Waals surface area contributed by atoms with Crippen LogP contribution in [-0.2, 0) is 16.0 Å². The number of rotatable bonds is 5. The van der Waals surface area contributed by atoms with Crippen molar-refractivity contribution in [2.75, 3.05) is 14.2 Å². The molecule has 2 amide bonds. The minimum absolute atomic E-state index is 0.109. The molecule has 1 aliphatic rings. The largest absolute Gasteiger partial charge is 0.493 e. The van der Waals surface area contributed by atoms with Gasteiger partial charge in [0.05, 0.1) is 33.1 Å². The van der Waals surface area contributed by atoms with Crippen LogP contribution in [-0.4, -0.2) is 32.0 Å². The summed E-state index contributed by atoms with van der Waals surface area (Å²) in [6, 6.07) is 12.5. The molecule has 7 nitrogen and oxygen atoms in total. The van der Waals surface area contributed by atoms with Crippen molar-refractivity contribution in [1.29, 1.82) is 0 Å². The first-order chi connectivity index (χ1) is 13.5. The van der Waals surface area contributed by atoms with Crippen molar-refractivity contribution in [3.63, 3.8) is 0 Å². The molecule has 146 valence electrons. The standard InChI is InChI=1S/C20H20BrN3O4/c1-27-16-8-3-12(9-17(16)28-2)10-18(25)23-20-22-15(11-19(26)24-20)13-4-6-14(21)7-5-13/h3-9,15H,10-11H2,1-2H3,(H2,22,23,24,25,26)/t15-/m0/s1. The van der Waals surface area contributed by atoms with Crippen molar-refractivity contribution >= 4 is 33.7 Å². The Bertz CT molecular complexity index is 912. The number of hydrogen-bond donors (Lipinski definition) is 2. The molecule has 0 unspecified atom stereocenters. The SMILES string of the molecule is COc1ccc(CC(=O)NC2=N[C@H](c3ccc(Br)cc3)CC(=O)N2)cc1OC. The van der Waals surface area contributed by atoms with Crippen LogP contribution >= 0.6 is 15.9 Å². The molecule has 0 saturated carbocycles. The van der Waals surface area contributed by atoms with Gasteiger partial charge < -0.3 is 9.47 Å². The predicted octanol–water partition coefficient (Wildman–Crippen LogP) is 2.74. The molecular formula is C20H20BrN3O4. The zero-order valence-corrected chi connectivity index (χ0v) is 17.1. The molecule has 2 aromatic rings. The van der Waals surface area contributed by atoms with E-state index in [4.69, 9.17) is 9.47 Å². The molecule has 1 atom stereocenters. The smallest absolute Gasteiger partial charge is 0.231 e. The van der Waals surface area contributed by atoms with E-state index in [2.05, 4.69) is 31.6 Å². The van der Waals surface area contributed by atoms with Crippen molar-refractivity contribution in [2.45, 2.75) is 18.9 Å². The van der Waals surface area contributed by atoms with Crippen LogP contribution in [0.15, 0.2) is 51.9 Å². The summed E-state index contributed by atoms with van der Waals surface area (Å²) in [6.07, 6.45) is 0.342. The Morgan fingerprint density at radius 2 is 1.89 bits per heavy atom. The van der Waals surface area contributed by atoms with Crippen LogP contribution in [0.25, 0.3) is 0 Å². The fourth-order valence-electron chi connectivity index (χ4n) is 2.89. The number of hydrogen-bond acceptors (Lipinski definition) is 5. The third-order valence-corrected chi connectivity index (χ3v) is 4.78. The van der Waals surface area contributed by atoms with E-state index in [0.717, 1.165) is 15.6 Å². The molecule has 1 aliphatic heterocycles. The number of ether oxygens (including phenoxy) is 2. The lowest BCUT2D eigenvalue weighted by atomic mass is 10.0. The number of guanidine groups is 1. The summed E-state index contributed by atoms with van der Waals surface area (Å²) in [4.78, 5) is 28.9. The summed E-state index contributed by atoms with van der Waals surface area (Å²) in [6.45, 7) is 0. The normalized spacial score (nSPS) is 16.0. The fraction of sp³-hybridized carbons (Fsp3) is 0.250. The number of carbonyl (C=O) groups is 2. The summed E-state index contributed by atoms with van der Waals surface area (Å²) < 4.78 is 11.4. The van der Waals surface area contributed by atoms with Gasteiger partial charge in [-0.05, 0) is 35.4 Å². The van der Waals surface area contributed by atoms with E-state index in [0.29, 0.717) is 11.5 Å². The van der Waals surface area contributed by atoms with Crippen LogP contribution in [0.2, 0.25) is 0 Å². The van der Waals surface area contributed by atoms with Crippen LogP contribution in [0.1, 0.15) is 23.6 Å². The number of nitrogens with zero attached hydrogens (tertiary/aromatic N) is 1. The third kappa shape index (κ3) is 4.89. The Morgan fingerprint density at radius 1 is 1.18 bits per heavy atom. The van der Waals surface area contributed by atoms with Crippen molar-refractivity contribution < 1.29 is 19.1 Å². The maximum Gasteiger partial charge on any atom is 0.231 e. The fourth-order valence-corrected chi connectivity index (χ4v) is 3.15. The molecule has 0 aliphatic carbocycles. The average molecular weight is 446 g/mol. The molecule has 0 fully saturated rings. The van der Waals surface area contributed by atoms with Gasteiger partial charge in [-0.15, -0.1) is 0 Å². The lowest BCUT2D eigenvalue weighted by molar-refractivity contribution is -0.120. The molecule has 2 N–H and O–H groups in total. The first-order valence-corrected chi connectivity index (χ1v) is 9.41. The highest BCUT2D eigenvalue weighted by atomic mass is 79.9. The first kappa shape index (κ1) is 19.9. The first-order valence-electron chi connectivity index (χ1n) is 8.62. The number of methoxy groups -OCH3 is 2. The van der Waals surface area contributed by atoms with Gasteiger partial charge in [-0.25, -0.2) is 4.99 Å². The second-order valence-corrected chi connectivity index (χ2v) is 7.13. The van der Waals surface area contributed by atoms with Gasteiger partial charge in [0.1, 0.15) is 0 Å². The van der Waals surface area contributed by atoms with Gasteiger partial charge in [-0.1, -0.05) is 34.1 Å². The van der Waals surface area contributed by atoms with Gasteiger partial charge >= 0.3 is 0 Å². The summed E-state index contributed by atoms with van der Waals surface area (Å²) in [5, 5.41) is 5.28. The lowest BCUT2D eigenvalue weighted by Gasteiger charge is -2.21. The van der Waals surface area contributed by atoms with E-state index in [1.165, 1.54) is 7.11 Å². The van der Waals surface area contributed by atoms with Crippen LogP contribution in [0, 0.1) is 0 Å². The van der Waals surface area contributed by atoms with Crippen LogP contribution in [0.3, 0.4) is 0 Å². The molecule has 28 heavy (non-hydrogen) atoms. The minimum Gasteiger partial charge on any atom is -0.493 e. The van der Waals surface area contributed by atoms with Gasteiger partial charge in [-0.3, -0.25) is 20.2 Å². The molecule has 0 saturated heterocycles. The van der Waals surface area contributed by atoms with Crippen molar-refractivity contribution in [3.05, 3.63) is 58.1 Å². The maximum atomic E-state index is 12.4. The zero-order valence-electron chi connectivity index (χ0n) is 15.5. The molecule has 2 aromatic carbocycles. The van der Waals surface area contributed by atoms with E-state index >= 15 is 0 Å². The quantitative estimate of drug-likeness (QED) is 0.740. The number of benzene rings is 2. The Hall–Kier alpha value is -2.87. The highest BCUT2D eigenvalue weighted by molar-refractivity contribution is 9.10. The number of halogens is 1. The monoisotopic (exact) mass is 445 g/mol. The molecule has 0 bridgehead atoms. The van der Waals surface area contributed by atoms with E-state index in [-0.39, 0.29) is 36.7 Å². The number of amides is 2. The molecule has 8 heteroatoms. The Morgan fingerprint density at radius 3 is 2.57 bits per heavy atom. The Balaban J connectivity index is 1.70. The molecule has 0 aromatic heterocycles. The van der Waals surface area contributed by atoms with Crippen molar-refractivity contribution in [3.8, 4) is 11.5 Å². The molecule has 0 spiro atoms. The van der Waals surface area contributed by atoms with Gasteiger partial charge in [-0.2, -0.15) is 0 Å². The molecule has 1 heterocycles. The van der Waals surface area contributed by atoms with Gasteiger partial charge in [0.15, 0.2) is 11.5 Å². The zero-order chi connectivity index (χ0) is 20.1. The predicted molar refractivity (Wildman–Crippen MR) is 108 cm³/mol. The second kappa shape index (κ2) is 8.88. The Labute approximate surface area is 171 Å². The van der Waals surface area contributed by atoms with Crippen LogP contribution < -0.4 is 20.1 Å². The summed E-state index contributed by atoms with van der Waals surface area (Å²) >= 11 is 3.39.